The number of rotatable bonds is 4. The van der Waals surface area contributed by atoms with E-state index < -0.39 is 0 Å². The number of benzene rings is 2. The Balaban J connectivity index is 2.06. The molecular weight excluding hydrogens is 262 g/mol. The van der Waals surface area contributed by atoms with Gasteiger partial charge in [-0.05, 0) is 37.1 Å². The van der Waals surface area contributed by atoms with Crippen molar-refractivity contribution in [2.75, 3.05) is 6.54 Å². The number of aryl methyl sites for hydroxylation is 1. The lowest BCUT2D eigenvalue weighted by molar-refractivity contribution is 0.101. The van der Waals surface area contributed by atoms with Gasteiger partial charge in [0.25, 0.3) is 0 Å². The molecule has 3 heteroatoms. The maximum absolute atomic E-state index is 12.7. The first-order valence-electron chi connectivity index (χ1n) is 7.02. The second-order valence-corrected chi connectivity index (χ2v) is 5.13. The Morgan fingerprint density at radius 1 is 1.14 bits per heavy atom. The topological polar surface area (TPSA) is 56.2 Å². The van der Waals surface area contributed by atoms with Crippen LogP contribution in [0.15, 0.2) is 52.9 Å². The highest BCUT2D eigenvalue weighted by molar-refractivity contribution is 6.10. The molecule has 0 amide bonds. The molecule has 3 rings (SSSR count). The number of carbonyl (C=O) groups is 1. The van der Waals surface area contributed by atoms with E-state index in [0.29, 0.717) is 24.3 Å². The Hall–Kier alpha value is -2.39. The summed E-state index contributed by atoms with van der Waals surface area (Å²) in [5.41, 5.74) is 9.05. The first-order valence-corrected chi connectivity index (χ1v) is 7.02. The van der Waals surface area contributed by atoms with Crippen LogP contribution in [0.3, 0.4) is 0 Å². The summed E-state index contributed by atoms with van der Waals surface area (Å²) in [6, 6.07) is 15.2. The fourth-order valence-electron chi connectivity index (χ4n) is 2.57. The smallest absolute Gasteiger partial charge is 0.228 e. The first kappa shape index (κ1) is 13.6. The Kier molecular flexibility index (Phi) is 3.59. The summed E-state index contributed by atoms with van der Waals surface area (Å²) < 4.78 is 5.77. The molecule has 21 heavy (non-hydrogen) atoms. The third kappa shape index (κ3) is 2.48. The average molecular weight is 279 g/mol. The zero-order chi connectivity index (χ0) is 14.8. The number of hydrogen-bond donors (Lipinski definition) is 1. The lowest BCUT2D eigenvalue weighted by atomic mass is 9.99. The van der Waals surface area contributed by atoms with Crippen molar-refractivity contribution in [2.24, 2.45) is 5.73 Å². The number of furan rings is 1. The summed E-state index contributed by atoms with van der Waals surface area (Å²) >= 11 is 0. The highest BCUT2D eigenvalue weighted by Crippen LogP contribution is 2.25. The Morgan fingerprint density at radius 3 is 2.71 bits per heavy atom. The van der Waals surface area contributed by atoms with Crippen LogP contribution in [0.1, 0.15) is 27.2 Å². The minimum absolute atomic E-state index is 0.0883. The van der Waals surface area contributed by atoms with Gasteiger partial charge in [0.05, 0.1) is 0 Å². The third-order valence-corrected chi connectivity index (χ3v) is 3.64. The molecule has 0 atom stereocenters. The van der Waals surface area contributed by atoms with Crippen LogP contribution in [0.2, 0.25) is 0 Å². The molecule has 0 radical (unpaired) electrons. The molecule has 0 unspecified atom stereocenters. The maximum Gasteiger partial charge on any atom is 0.228 e. The van der Waals surface area contributed by atoms with Crippen molar-refractivity contribution in [3.63, 3.8) is 0 Å². The molecule has 0 fully saturated rings. The van der Waals surface area contributed by atoms with Gasteiger partial charge in [0.15, 0.2) is 5.76 Å². The van der Waals surface area contributed by atoms with Gasteiger partial charge < -0.3 is 10.2 Å². The third-order valence-electron chi connectivity index (χ3n) is 3.64. The van der Waals surface area contributed by atoms with Gasteiger partial charge in [0, 0.05) is 10.9 Å². The van der Waals surface area contributed by atoms with Gasteiger partial charge in [0.1, 0.15) is 5.58 Å². The second kappa shape index (κ2) is 5.54. The van der Waals surface area contributed by atoms with Crippen LogP contribution >= 0.6 is 0 Å². The van der Waals surface area contributed by atoms with E-state index in [0.717, 1.165) is 22.1 Å². The van der Waals surface area contributed by atoms with Gasteiger partial charge in [-0.1, -0.05) is 42.5 Å². The number of carbonyl (C=O) groups excluding carboxylic acids is 1. The molecular formula is C18H17NO2. The molecule has 3 nitrogen and oxygen atoms in total. The van der Waals surface area contributed by atoms with Crippen LogP contribution in [-0.2, 0) is 6.42 Å². The fraction of sp³-hybridized carbons (Fsp3) is 0.167. The Morgan fingerprint density at radius 2 is 1.95 bits per heavy atom. The summed E-state index contributed by atoms with van der Waals surface area (Å²) in [5.74, 6) is 0.290. The molecule has 106 valence electrons. The predicted octanol–water partition coefficient (Wildman–Crippen LogP) is 3.47. The van der Waals surface area contributed by atoms with Crippen molar-refractivity contribution in [1.82, 2.24) is 0 Å². The SMILES string of the molecule is Cc1cccc2cc(C(=O)c3ccccc3CCN)oc12. The maximum atomic E-state index is 12.7. The van der Waals surface area contributed by atoms with Crippen LogP contribution in [0.5, 0.6) is 0 Å². The quantitative estimate of drug-likeness (QED) is 0.744. The normalized spacial score (nSPS) is 11.0. The monoisotopic (exact) mass is 279 g/mol. The van der Waals surface area contributed by atoms with Crippen molar-refractivity contribution < 1.29 is 9.21 Å². The zero-order valence-corrected chi connectivity index (χ0v) is 11.9. The van der Waals surface area contributed by atoms with Crippen LogP contribution in [0.4, 0.5) is 0 Å². The van der Waals surface area contributed by atoms with E-state index in [-0.39, 0.29) is 5.78 Å². The second-order valence-electron chi connectivity index (χ2n) is 5.13. The summed E-state index contributed by atoms with van der Waals surface area (Å²) in [7, 11) is 0. The van der Waals surface area contributed by atoms with Gasteiger partial charge in [-0.25, -0.2) is 0 Å². The van der Waals surface area contributed by atoms with Crippen LogP contribution in [0, 0.1) is 6.92 Å². The van der Waals surface area contributed by atoms with Crippen LogP contribution < -0.4 is 5.73 Å². The highest BCUT2D eigenvalue weighted by Gasteiger charge is 2.17. The van der Waals surface area contributed by atoms with E-state index in [2.05, 4.69) is 0 Å². The summed E-state index contributed by atoms with van der Waals surface area (Å²) in [5, 5.41) is 0.953. The first-order chi connectivity index (χ1) is 10.2. The van der Waals surface area contributed by atoms with E-state index in [1.165, 1.54) is 0 Å². The fourth-order valence-corrected chi connectivity index (χ4v) is 2.57. The van der Waals surface area contributed by atoms with Gasteiger partial charge in [-0.2, -0.15) is 0 Å². The van der Waals surface area contributed by atoms with Gasteiger partial charge in [-0.15, -0.1) is 0 Å². The molecule has 2 aromatic carbocycles. The number of fused-ring (bicyclic) bond motifs is 1. The molecule has 1 aromatic heterocycles. The highest BCUT2D eigenvalue weighted by atomic mass is 16.3. The number of hydrogen-bond acceptors (Lipinski definition) is 3. The summed E-state index contributed by atoms with van der Waals surface area (Å²) in [6.45, 7) is 2.49. The van der Waals surface area contributed by atoms with Gasteiger partial charge in [0.2, 0.25) is 5.78 Å². The molecule has 0 saturated heterocycles. The molecule has 0 spiro atoms. The molecule has 0 saturated carbocycles. The van der Waals surface area contributed by atoms with E-state index in [9.17, 15) is 4.79 Å². The predicted molar refractivity (Wildman–Crippen MR) is 83.6 cm³/mol. The van der Waals surface area contributed by atoms with Gasteiger partial charge >= 0.3 is 0 Å². The zero-order valence-electron chi connectivity index (χ0n) is 11.9. The lowest BCUT2D eigenvalue weighted by Gasteiger charge is -2.05. The van der Waals surface area contributed by atoms with E-state index >= 15 is 0 Å². The summed E-state index contributed by atoms with van der Waals surface area (Å²) in [6.07, 6.45) is 0.682. The van der Waals surface area contributed by atoms with E-state index in [4.69, 9.17) is 10.2 Å². The Labute approximate surface area is 123 Å². The lowest BCUT2D eigenvalue weighted by Crippen LogP contribution is -2.09. The van der Waals surface area contributed by atoms with Crippen molar-refractivity contribution >= 4 is 16.8 Å². The standard InChI is InChI=1S/C18H17NO2/c1-12-5-4-7-14-11-16(21-18(12)14)17(20)15-8-3-2-6-13(15)9-10-19/h2-8,11H,9-10,19H2,1H3. The summed E-state index contributed by atoms with van der Waals surface area (Å²) in [4.78, 5) is 12.7. The largest absolute Gasteiger partial charge is 0.452 e. The average Bonchev–Trinajstić information content (AvgIpc) is 2.93. The Bertz CT molecular complexity index is 802. The van der Waals surface area contributed by atoms with Crippen molar-refractivity contribution in [1.29, 1.82) is 0 Å². The van der Waals surface area contributed by atoms with Crippen LogP contribution in [-0.4, -0.2) is 12.3 Å². The molecule has 0 aliphatic rings. The molecule has 0 aliphatic carbocycles. The molecule has 2 N–H and O–H groups in total. The minimum Gasteiger partial charge on any atom is -0.452 e. The molecule has 0 aliphatic heterocycles. The number of ketones is 1. The van der Waals surface area contributed by atoms with Crippen molar-refractivity contribution in [2.45, 2.75) is 13.3 Å². The minimum atomic E-state index is -0.0883. The van der Waals surface area contributed by atoms with Crippen molar-refractivity contribution in [3.8, 4) is 0 Å². The van der Waals surface area contributed by atoms with E-state index in [1.807, 2.05) is 55.5 Å². The van der Waals surface area contributed by atoms with Crippen molar-refractivity contribution in [3.05, 3.63) is 71.0 Å². The number of para-hydroxylation sites is 1. The number of nitrogens with two attached hydrogens (primary N) is 1. The van der Waals surface area contributed by atoms with Crippen LogP contribution in [0.25, 0.3) is 11.0 Å². The molecule has 0 bridgehead atoms. The molecule has 1 heterocycles. The van der Waals surface area contributed by atoms with Gasteiger partial charge in [-0.3, -0.25) is 4.79 Å². The molecule has 3 aromatic rings. The van der Waals surface area contributed by atoms with E-state index in [1.54, 1.807) is 0 Å².